The van der Waals surface area contributed by atoms with Crippen molar-refractivity contribution in [2.24, 2.45) is 5.92 Å². The van der Waals surface area contributed by atoms with Crippen molar-refractivity contribution >= 4 is 42.0 Å². The average Bonchev–Trinajstić information content (AvgIpc) is 3.54. The zero-order valence-corrected chi connectivity index (χ0v) is 22.7. The van der Waals surface area contributed by atoms with Crippen molar-refractivity contribution in [1.82, 2.24) is 8.96 Å². The molecule has 0 saturated heterocycles. The highest BCUT2D eigenvalue weighted by atomic mass is 32.2. The molecule has 0 amide bonds. The minimum Gasteiger partial charge on any atom is -0.384 e. The van der Waals surface area contributed by atoms with Crippen molar-refractivity contribution in [3.63, 3.8) is 0 Å². The van der Waals surface area contributed by atoms with E-state index in [-0.39, 0.29) is 17.7 Å². The van der Waals surface area contributed by atoms with Crippen LogP contribution in [0, 0.1) is 5.92 Å². The number of hydrogen-bond acceptors (Lipinski definition) is 6. The molecule has 0 spiro atoms. The molecule has 2 aliphatic carbocycles. The van der Waals surface area contributed by atoms with Gasteiger partial charge >= 0.3 is 0 Å². The molecule has 2 heterocycles. The molecule has 8 nitrogen and oxygen atoms in total. The number of fused-ring (bicyclic) bond motifs is 1. The standard InChI is InChI=1S/C27H31N3O5S2/c1-18-14-22(23-15-20(17-36(3,32)33)6-7-24(23)29-16-19-4-5-19)8-11-27(18,2)37(34,35)30-13-10-21-9-12-28-26(31)25(21)30/h6-10,12-15,19,29H,4-5,11,16-17H2,1-3H3,(H,28,31). The van der Waals surface area contributed by atoms with Crippen molar-refractivity contribution in [2.45, 2.75) is 43.6 Å². The van der Waals surface area contributed by atoms with Gasteiger partial charge in [-0.15, -0.1) is 0 Å². The van der Waals surface area contributed by atoms with Crippen LogP contribution in [0.5, 0.6) is 0 Å². The second-order valence-electron chi connectivity index (χ2n) is 10.4. The van der Waals surface area contributed by atoms with Crippen LogP contribution in [0.4, 0.5) is 5.69 Å². The normalized spacial score (nSPS) is 20.5. The molecule has 5 rings (SSSR count). The molecule has 0 bridgehead atoms. The van der Waals surface area contributed by atoms with Crippen LogP contribution in [0.3, 0.4) is 0 Å². The number of nitrogens with zero attached hydrogens (tertiary/aromatic N) is 1. The Morgan fingerprint density at radius 2 is 1.89 bits per heavy atom. The summed E-state index contributed by atoms with van der Waals surface area (Å²) in [5.74, 6) is 0.578. The molecule has 2 aromatic heterocycles. The van der Waals surface area contributed by atoms with E-state index in [4.69, 9.17) is 0 Å². The van der Waals surface area contributed by atoms with Gasteiger partial charge in [-0.05, 0) is 80.0 Å². The molecule has 1 aromatic carbocycles. The van der Waals surface area contributed by atoms with Gasteiger partial charge in [0.25, 0.3) is 5.56 Å². The van der Waals surface area contributed by atoms with Gasteiger partial charge in [0, 0.05) is 41.8 Å². The van der Waals surface area contributed by atoms with Crippen LogP contribution in [-0.4, -0.2) is 43.3 Å². The quantitative estimate of drug-likeness (QED) is 0.444. The monoisotopic (exact) mass is 541 g/mol. The van der Waals surface area contributed by atoms with Crippen LogP contribution >= 0.6 is 0 Å². The Balaban J connectivity index is 1.53. The van der Waals surface area contributed by atoms with Crippen LogP contribution in [0.1, 0.15) is 44.2 Å². The highest BCUT2D eigenvalue weighted by Crippen LogP contribution is 2.41. The summed E-state index contributed by atoms with van der Waals surface area (Å²) in [6, 6.07) is 8.90. The van der Waals surface area contributed by atoms with E-state index in [0.717, 1.165) is 27.3 Å². The summed E-state index contributed by atoms with van der Waals surface area (Å²) in [6.07, 6.45) is 10.5. The summed E-state index contributed by atoms with van der Waals surface area (Å²) >= 11 is 0. The summed E-state index contributed by atoms with van der Waals surface area (Å²) in [5.41, 5.74) is 3.55. The minimum atomic E-state index is -3.99. The predicted molar refractivity (Wildman–Crippen MR) is 148 cm³/mol. The van der Waals surface area contributed by atoms with E-state index in [2.05, 4.69) is 10.3 Å². The SMILES string of the molecule is CC1=CC(c2cc(CS(C)(=O)=O)ccc2NCC2CC2)=CCC1(C)S(=O)(=O)n1ccc2cc[nH]c(=O)c21. The fourth-order valence-corrected chi connectivity index (χ4v) is 7.48. The Hall–Kier alpha value is -3.11. The van der Waals surface area contributed by atoms with Gasteiger partial charge in [0.05, 0.1) is 5.75 Å². The number of allylic oxidation sites excluding steroid dienone is 3. The van der Waals surface area contributed by atoms with E-state index in [1.54, 1.807) is 26.0 Å². The predicted octanol–water partition coefficient (Wildman–Crippen LogP) is 4.07. The third-order valence-corrected chi connectivity index (χ3v) is 10.7. The van der Waals surface area contributed by atoms with Crippen molar-refractivity contribution < 1.29 is 16.8 Å². The number of rotatable bonds is 8. The van der Waals surface area contributed by atoms with Gasteiger partial charge in [0.2, 0.25) is 10.0 Å². The maximum atomic E-state index is 13.9. The van der Waals surface area contributed by atoms with E-state index >= 15 is 0 Å². The third kappa shape index (κ3) is 4.80. The number of aromatic nitrogens is 2. The van der Waals surface area contributed by atoms with Crippen LogP contribution < -0.4 is 10.9 Å². The molecule has 1 saturated carbocycles. The largest absolute Gasteiger partial charge is 0.384 e. The fraction of sp³-hybridized carbons (Fsp3) is 0.370. The number of nitrogens with one attached hydrogen (secondary N) is 2. The van der Waals surface area contributed by atoms with Gasteiger partial charge in [-0.2, -0.15) is 0 Å². The number of pyridine rings is 1. The molecule has 3 aromatic rings. The molecule has 0 aliphatic heterocycles. The Bertz CT molecular complexity index is 1720. The highest BCUT2D eigenvalue weighted by molar-refractivity contribution is 7.91. The lowest BCUT2D eigenvalue weighted by Crippen LogP contribution is -2.41. The number of H-pyrrole nitrogens is 1. The molecule has 37 heavy (non-hydrogen) atoms. The Labute approximate surface area is 217 Å². The van der Waals surface area contributed by atoms with Gasteiger partial charge in [0.15, 0.2) is 9.84 Å². The van der Waals surface area contributed by atoms with Gasteiger partial charge in [-0.3, -0.25) is 4.79 Å². The maximum Gasteiger partial charge on any atom is 0.273 e. The van der Waals surface area contributed by atoms with E-state index in [0.29, 0.717) is 22.4 Å². The molecule has 2 N–H and O–H groups in total. The molecule has 196 valence electrons. The van der Waals surface area contributed by atoms with Gasteiger partial charge in [-0.25, -0.2) is 20.8 Å². The lowest BCUT2D eigenvalue weighted by Gasteiger charge is -2.33. The summed E-state index contributed by atoms with van der Waals surface area (Å²) in [7, 11) is -7.20. The van der Waals surface area contributed by atoms with Crippen LogP contribution in [0.15, 0.2) is 65.2 Å². The summed E-state index contributed by atoms with van der Waals surface area (Å²) < 4.78 is 51.5. The van der Waals surface area contributed by atoms with Gasteiger partial charge < -0.3 is 10.3 Å². The number of aromatic amines is 1. The smallest absolute Gasteiger partial charge is 0.273 e. The fourth-order valence-electron chi connectivity index (χ4n) is 4.85. The lowest BCUT2D eigenvalue weighted by molar-refractivity contribution is 0.547. The highest BCUT2D eigenvalue weighted by Gasteiger charge is 2.43. The second kappa shape index (κ2) is 9.02. The first-order valence-corrected chi connectivity index (χ1v) is 15.8. The number of hydrogen-bond donors (Lipinski definition) is 2. The minimum absolute atomic E-state index is 0.0692. The van der Waals surface area contributed by atoms with Gasteiger partial charge in [0.1, 0.15) is 10.3 Å². The molecule has 1 atom stereocenters. The molecule has 1 fully saturated rings. The lowest BCUT2D eigenvalue weighted by atomic mass is 9.86. The maximum absolute atomic E-state index is 13.9. The summed E-state index contributed by atoms with van der Waals surface area (Å²) in [4.78, 5) is 15.0. The topological polar surface area (TPSA) is 118 Å². The number of anilines is 1. The Morgan fingerprint density at radius 1 is 1.14 bits per heavy atom. The average molecular weight is 542 g/mol. The van der Waals surface area contributed by atoms with Crippen LogP contribution in [0.25, 0.3) is 16.5 Å². The zero-order chi connectivity index (χ0) is 26.6. The summed E-state index contributed by atoms with van der Waals surface area (Å²) in [6.45, 7) is 4.31. The molecular weight excluding hydrogens is 510 g/mol. The van der Waals surface area contributed by atoms with Crippen molar-refractivity contribution in [3.05, 3.63) is 81.9 Å². The first-order valence-electron chi connectivity index (χ1n) is 12.3. The molecule has 1 unspecified atom stereocenters. The molecule has 10 heteroatoms. The third-order valence-electron chi connectivity index (χ3n) is 7.42. The Kier molecular flexibility index (Phi) is 6.23. The second-order valence-corrected chi connectivity index (χ2v) is 14.8. The van der Waals surface area contributed by atoms with Crippen molar-refractivity contribution in [3.8, 4) is 0 Å². The van der Waals surface area contributed by atoms with Crippen LogP contribution in [-0.2, 0) is 25.6 Å². The van der Waals surface area contributed by atoms with Crippen LogP contribution in [0.2, 0.25) is 0 Å². The van der Waals surface area contributed by atoms with Gasteiger partial charge in [-0.1, -0.05) is 18.2 Å². The number of benzene rings is 1. The summed E-state index contributed by atoms with van der Waals surface area (Å²) in [5, 5.41) is 4.05. The zero-order valence-electron chi connectivity index (χ0n) is 21.1. The molecule has 2 aliphatic rings. The first kappa shape index (κ1) is 25.5. The van der Waals surface area contributed by atoms with Crippen molar-refractivity contribution in [2.75, 3.05) is 18.1 Å². The van der Waals surface area contributed by atoms with E-state index in [9.17, 15) is 21.6 Å². The molecular formula is C27H31N3O5S2. The van der Waals surface area contributed by atoms with E-state index < -0.39 is 30.2 Å². The first-order chi connectivity index (χ1) is 17.4. The molecule has 0 radical (unpaired) electrons. The van der Waals surface area contributed by atoms with E-state index in [1.165, 1.54) is 31.5 Å². The number of sulfone groups is 1. The van der Waals surface area contributed by atoms with E-state index in [1.807, 2.05) is 30.4 Å². The van der Waals surface area contributed by atoms with Crippen molar-refractivity contribution in [1.29, 1.82) is 0 Å². The Morgan fingerprint density at radius 3 is 2.57 bits per heavy atom.